The van der Waals surface area contributed by atoms with Crippen LogP contribution in [0, 0.1) is 0 Å². The van der Waals surface area contributed by atoms with E-state index in [0.717, 1.165) is 0 Å². The van der Waals surface area contributed by atoms with Crippen LogP contribution in [0.25, 0.3) is 0 Å². The zero-order chi connectivity index (χ0) is 26.1. The molecule has 0 bridgehead atoms. The monoisotopic (exact) mass is 470 g/mol. The summed E-state index contributed by atoms with van der Waals surface area (Å²) in [7, 11) is 0. The molecule has 0 aromatic rings. The number of rotatable bonds is 18. The molecule has 0 saturated heterocycles. The molecule has 0 amide bonds. The van der Waals surface area contributed by atoms with Gasteiger partial charge < -0.3 is 23.7 Å². The molecule has 0 aliphatic heterocycles. The molecule has 33 heavy (non-hydrogen) atoms. The van der Waals surface area contributed by atoms with Gasteiger partial charge >= 0.3 is 0 Å². The molecule has 0 aromatic heterocycles. The highest BCUT2D eigenvalue weighted by Gasteiger charge is 2.32. The Morgan fingerprint density at radius 3 is 1.27 bits per heavy atom. The molecule has 0 heterocycles. The average molecular weight is 471 g/mol. The number of hydrogen-bond donors (Lipinski definition) is 0. The van der Waals surface area contributed by atoms with E-state index in [2.05, 4.69) is 13.2 Å². The van der Waals surface area contributed by atoms with Crippen molar-refractivity contribution in [3.63, 3.8) is 0 Å². The van der Waals surface area contributed by atoms with E-state index in [-0.39, 0.29) is 37.4 Å². The molecule has 0 fully saturated rings. The minimum Gasteiger partial charge on any atom is -0.364 e. The van der Waals surface area contributed by atoms with E-state index in [4.69, 9.17) is 23.7 Å². The van der Waals surface area contributed by atoms with E-state index < -0.39 is 22.4 Å². The standard InChI is InChI=1S/C26H46O7/c1-13-21(27)25(9,10)32-19(3)15-23(5,6)30-17-29-18-31-24(7,8)16-20(4)33-26(11,12)22(28)14-2/h13-14,19-20H,1-2,15-18H2,3-12H3. The maximum Gasteiger partial charge on any atom is 0.186 e. The molecule has 0 saturated carbocycles. The molecule has 0 radical (unpaired) electrons. The molecule has 0 aliphatic rings. The maximum absolute atomic E-state index is 11.9. The maximum atomic E-state index is 11.9. The van der Waals surface area contributed by atoms with E-state index in [1.807, 2.05) is 41.5 Å². The number of ether oxygens (including phenoxy) is 5. The van der Waals surface area contributed by atoms with Crippen LogP contribution in [0.5, 0.6) is 0 Å². The van der Waals surface area contributed by atoms with Crippen LogP contribution in [0.2, 0.25) is 0 Å². The quantitative estimate of drug-likeness (QED) is 0.155. The van der Waals surface area contributed by atoms with Crippen LogP contribution in [-0.4, -0.2) is 59.8 Å². The topological polar surface area (TPSA) is 80.3 Å². The van der Waals surface area contributed by atoms with Gasteiger partial charge in [-0.05, 0) is 81.4 Å². The van der Waals surface area contributed by atoms with Gasteiger partial charge in [0.15, 0.2) is 11.6 Å². The van der Waals surface area contributed by atoms with Crippen molar-refractivity contribution in [1.82, 2.24) is 0 Å². The lowest BCUT2D eigenvalue weighted by Gasteiger charge is -2.33. The zero-order valence-electron chi connectivity index (χ0n) is 22.4. The fourth-order valence-corrected chi connectivity index (χ4v) is 3.64. The Hall–Kier alpha value is -1.38. The fourth-order valence-electron chi connectivity index (χ4n) is 3.64. The summed E-state index contributed by atoms with van der Waals surface area (Å²) < 4.78 is 29.0. The Kier molecular flexibility index (Phi) is 12.4. The Morgan fingerprint density at radius 1 is 0.697 bits per heavy atom. The predicted molar refractivity (Wildman–Crippen MR) is 130 cm³/mol. The summed E-state index contributed by atoms with van der Waals surface area (Å²) in [5, 5.41) is 0. The van der Waals surface area contributed by atoms with Gasteiger partial charge in [0.25, 0.3) is 0 Å². The van der Waals surface area contributed by atoms with Crippen molar-refractivity contribution >= 4 is 11.6 Å². The molecule has 2 atom stereocenters. The molecule has 0 rings (SSSR count). The third kappa shape index (κ3) is 12.6. The molecular formula is C26H46O7. The second-order valence-corrected chi connectivity index (χ2v) is 10.7. The third-order valence-corrected chi connectivity index (χ3v) is 5.17. The highest BCUT2D eigenvalue weighted by Crippen LogP contribution is 2.25. The van der Waals surface area contributed by atoms with Crippen molar-refractivity contribution in [1.29, 1.82) is 0 Å². The lowest BCUT2D eigenvalue weighted by Crippen LogP contribution is -2.40. The first-order valence-corrected chi connectivity index (χ1v) is 11.4. The van der Waals surface area contributed by atoms with Crippen LogP contribution in [0.4, 0.5) is 0 Å². The van der Waals surface area contributed by atoms with E-state index in [0.29, 0.717) is 12.8 Å². The lowest BCUT2D eigenvalue weighted by atomic mass is 9.99. The molecule has 0 N–H and O–H groups in total. The minimum absolute atomic E-state index is 0.0533. The Bertz CT molecular complexity index is 606. The summed E-state index contributed by atoms with van der Waals surface area (Å²) >= 11 is 0. The minimum atomic E-state index is -0.928. The SMILES string of the molecule is C=CC(=O)C(C)(C)OC(C)CC(C)(C)OCOCOC(C)(C)CC(C)OC(C)(C)C(=O)C=C. The molecule has 2 unspecified atom stereocenters. The molecule has 192 valence electrons. The van der Waals surface area contributed by atoms with Crippen LogP contribution >= 0.6 is 0 Å². The summed E-state index contributed by atoms with van der Waals surface area (Å²) in [6, 6.07) is 0. The summed E-state index contributed by atoms with van der Waals surface area (Å²) in [6.45, 7) is 25.6. The van der Waals surface area contributed by atoms with Gasteiger partial charge in [-0.3, -0.25) is 9.59 Å². The number of hydrogen-bond acceptors (Lipinski definition) is 7. The van der Waals surface area contributed by atoms with Gasteiger partial charge in [-0.15, -0.1) is 0 Å². The van der Waals surface area contributed by atoms with Gasteiger partial charge in [0.2, 0.25) is 0 Å². The highest BCUT2D eigenvalue weighted by atomic mass is 16.7. The zero-order valence-corrected chi connectivity index (χ0v) is 22.4. The second-order valence-electron chi connectivity index (χ2n) is 10.7. The van der Waals surface area contributed by atoms with Crippen molar-refractivity contribution in [2.75, 3.05) is 13.6 Å². The number of carbonyl (C=O) groups excluding carboxylic acids is 2. The fraction of sp³-hybridized carbons (Fsp3) is 0.769. The van der Waals surface area contributed by atoms with Crippen molar-refractivity contribution in [3.8, 4) is 0 Å². The first-order valence-electron chi connectivity index (χ1n) is 11.4. The van der Waals surface area contributed by atoms with Crippen molar-refractivity contribution in [3.05, 3.63) is 25.3 Å². The summed E-state index contributed by atoms with van der Waals surface area (Å²) in [6.07, 6.45) is 3.30. The average Bonchev–Trinajstić information content (AvgIpc) is 2.63. The van der Waals surface area contributed by atoms with Crippen LogP contribution in [0.1, 0.15) is 82.1 Å². The summed E-state index contributed by atoms with van der Waals surface area (Å²) in [4.78, 5) is 23.8. The Morgan fingerprint density at radius 2 is 1.00 bits per heavy atom. The highest BCUT2D eigenvalue weighted by molar-refractivity contribution is 5.96. The van der Waals surface area contributed by atoms with Gasteiger partial charge in [0, 0.05) is 12.8 Å². The molecule has 7 heteroatoms. The molecule has 7 nitrogen and oxygen atoms in total. The van der Waals surface area contributed by atoms with Gasteiger partial charge in [-0.2, -0.15) is 0 Å². The second kappa shape index (κ2) is 12.9. The molecule has 0 spiro atoms. The van der Waals surface area contributed by atoms with E-state index >= 15 is 0 Å². The Balaban J connectivity index is 4.42. The molecule has 0 aliphatic carbocycles. The molecule has 0 aromatic carbocycles. The van der Waals surface area contributed by atoms with Crippen LogP contribution in [0.15, 0.2) is 25.3 Å². The first-order chi connectivity index (χ1) is 14.9. The largest absolute Gasteiger partial charge is 0.364 e. The summed E-state index contributed by atoms with van der Waals surface area (Å²) in [5.74, 6) is -0.321. The van der Waals surface area contributed by atoms with Crippen LogP contribution in [-0.2, 0) is 33.3 Å². The lowest BCUT2D eigenvalue weighted by molar-refractivity contribution is -0.211. The Labute approximate surface area is 200 Å². The number of carbonyl (C=O) groups is 2. The van der Waals surface area contributed by atoms with Crippen LogP contribution < -0.4 is 0 Å². The number of ketones is 2. The van der Waals surface area contributed by atoms with E-state index in [1.54, 1.807) is 27.7 Å². The normalized spacial score (nSPS) is 15.1. The van der Waals surface area contributed by atoms with Crippen molar-refractivity contribution in [2.45, 2.75) is 117 Å². The van der Waals surface area contributed by atoms with Gasteiger partial charge in [-0.25, -0.2) is 0 Å². The van der Waals surface area contributed by atoms with Crippen molar-refractivity contribution in [2.24, 2.45) is 0 Å². The van der Waals surface area contributed by atoms with Crippen molar-refractivity contribution < 1.29 is 33.3 Å². The van der Waals surface area contributed by atoms with Gasteiger partial charge in [-0.1, -0.05) is 13.2 Å². The summed E-state index contributed by atoms with van der Waals surface area (Å²) in [5.41, 5.74) is -2.90. The first kappa shape index (κ1) is 31.6. The smallest absolute Gasteiger partial charge is 0.186 e. The van der Waals surface area contributed by atoms with Crippen LogP contribution in [0.3, 0.4) is 0 Å². The van der Waals surface area contributed by atoms with Gasteiger partial charge in [0.1, 0.15) is 24.8 Å². The predicted octanol–water partition coefficient (Wildman–Crippen LogP) is 5.17. The third-order valence-electron chi connectivity index (χ3n) is 5.17. The van der Waals surface area contributed by atoms with E-state index in [9.17, 15) is 9.59 Å². The molecular weight excluding hydrogens is 424 g/mol. The van der Waals surface area contributed by atoms with E-state index in [1.165, 1.54) is 12.2 Å². The van der Waals surface area contributed by atoms with Gasteiger partial charge in [0.05, 0.1) is 23.4 Å².